The van der Waals surface area contributed by atoms with E-state index in [0.29, 0.717) is 11.3 Å². The molecule has 0 aromatic heterocycles. The molecule has 1 aliphatic carbocycles. The summed E-state index contributed by atoms with van der Waals surface area (Å²) in [7, 11) is 1.34. The SMILES string of the molecule is COC(=O)[C@H](C)N(CC(=O)Nc1ccc(C#N)c(Cl)c1)C1CC1. The first-order valence-corrected chi connectivity index (χ1v) is 7.67. The molecule has 6 nitrogen and oxygen atoms in total. The molecule has 1 atom stereocenters. The van der Waals surface area contributed by atoms with Gasteiger partial charge >= 0.3 is 5.97 Å². The quantitative estimate of drug-likeness (QED) is 0.806. The van der Waals surface area contributed by atoms with E-state index < -0.39 is 6.04 Å². The monoisotopic (exact) mass is 335 g/mol. The van der Waals surface area contributed by atoms with E-state index >= 15 is 0 Å². The second-order valence-electron chi connectivity index (χ2n) is 5.46. The van der Waals surface area contributed by atoms with Crippen LogP contribution in [0.2, 0.25) is 5.02 Å². The molecule has 1 fully saturated rings. The number of halogens is 1. The van der Waals surface area contributed by atoms with Gasteiger partial charge in [-0.25, -0.2) is 0 Å². The van der Waals surface area contributed by atoms with E-state index in [1.807, 2.05) is 11.0 Å². The van der Waals surface area contributed by atoms with Crippen molar-refractivity contribution < 1.29 is 14.3 Å². The molecule has 1 aromatic carbocycles. The Morgan fingerprint density at radius 2 is 2.22 bits per heavy atom. The number of amides is 1. The van der Waals surface area contributed by atoms with Crippen molar-refractivity contribution in [1.29, 1.82) is 5.26 Å². The van der Waals surface area contributed by atoms with Crippen molar-refractivity contribution in [3.63, 3.8) is 0 Å². The van der Waals surface area contributed by atoms with Crippen LogP contribution in [0.1, 0.15) is 25.3 Å². The highest BCUT2D eigenvalue weighted by Gasteiger charge is 2.36. The van der Waals surface area contributed by atoms with Crippen LogP contribution in [0.15, 0.2) is 18.2 Å². The van der Waals surface area contributed by atoms with Gasteiger partial charge in [0.15, 0.2) is 0 Å². The molecule has 0 saturated heterocycles. The van der Waals surface area contributed by atoms with E-state index in [0.717, 1.165) is 12.8 Å². The Morgan fingerprint density at radius 1 is 1.52 bits per heavy atom. The molecule has 2 rings (SSSR count). The highest BCUT2D eigenvalue weighted by atomic mass is 35.5. The van der Waals surface area contributed by atoms with E-state index in [1.165, 1.54) is 13.2 Å². The average Bonchev–Trinajstić information content (AvgIpc) is 3.36. The number of hydrogen-bond donors (Lipinski definition) is 1. The lowest BCUT2D eigenvalue weighted by atomic mass is 10.2. The van der Waals surface area contributed by atoms with Crippen molar-refractivity contribution in [2.24, 2.45) is 0 Å². The van der Waals surface area contributed by atoms with Crippen LogP contribution in [0.4, 0.5) is 5.69 Å². The highest BCUT2D eigenvalue weighted by Crippen LogP contribution is 2.29. The van der Waals surface area contributed by atoms with E-state index in [2.05, 4.69) is 5.32 Å². The fraction of sp³-hybridized carbons (Fsp3) is 0.438. The number of anilines is 1. The van der Waals surface area contributed by atoms with Gasteiger partial charge in [0, 0.05) is 11.7 Å². The van der Waals surface area contributed by atoms with E-state index in [-0.39, 0.29) is 29.5 Å². The summed E-state index contributed by atoms with van der Waals surface area (Å²) < 4.78 is 4.75. The zero-order valence-electron chi connectivity index (χ0n) is 13.0. The Kier molecular flexibility index (Phi) is 5.59. The number of hydrogen-bond acceptors (Lipinski definition) is 5. The molecule has 0 heterocycles. The number of benzene rings is 1. The number of carbonyl (C=O) groups is 2. The second-order valence-corrected chi connectivity index (χ2v) is 5.86. The summed E-state index contributed by atoms with van der Waals surface area (Å²) >= 11 is 5.94. The summed E-state index contributed by atoms with van der Waals surface area (Å²) in [5.41, 5.74) is 0.865. The van der Waals surface area contributed by atoms with Crippen LogP contribution in [-0.4, -0.2) is 42.5 Å². The number of methoxy groups -OCH3 is 1. The minimum atomic E-state index is -0.470. The Hall–Kier alpha value is -2.10. The lowest BCUT2D eigenvalue weighted by Crippen LogP contribution is -2.45. The van der Waals surface area contributed by atoms with Crippen molar-refractivity contribution in [1.82, 2.24) is 4.90 Å². The molecule has 0 unspecified atom stereocenters. The van der Waals surface area contributed by atoms with Gasteiger partial charge in [-0.1, -0.05) is 11.6 Å². The largest absolute Gasteiger partial charge is 0.468 e. The highest BCUT2D eigenvalue weighted by molar-refractivity contribution is 6.32. The van der Waals surface area contributed by atoms with Crippen LogP contribution in [0.25, 0.3) is 0 Å². The standard InChI is InChI=1S/C16H18ClN3O3/c1-10(16(22)23-2)20(13-5-6-13)9-15(21)19-12-4-3-11(8-18)14(17)7-12/h3-4,7,10,13H,5-6,9H2,1-2H3,(H,19,21)/t10-/m0/s1. The molecule has 1 aromatic rings. The van der Waals surface area contributed by atoms with Crippen LogP contribution in [-0.2, 0) is 14.3 Å². The maximum absolute atomic E-state index is 12.2. The lowest BCUT2D eigenvalue weighted by molar-refractivity contribution is -0.146. The molecule has 1 aliphatic rings. The Morgan fingerprint density at radius 3 is 2.74 bits per heavy atom. The maximum atomic E-state index is 12.2. The van der Waals surface area contributed by atoms with Gasteiger partial charge in [-0.05, 0) is 38.0 Å². The number of nitriles is 1. The predicted molar refractivity (Wildman–Crippen MR) is 86.0 cm³/mol. The molecule has 7 heteroatoms. The zero-order valence-corrected chi connectivity index (χ0v) is 13.8. The molecule has 0 spiro atoms. The number of nitrogens with one attached hydrogen (secondary N) is 1. The van der Waals surface area contributed by atoms with E-state index in [1.54, 1.807) is 19.1 Å². The Balaban J connectivity index is 2.01. The van der Waals surface area contributed by atoms with E-state index in [9.17, 15) is 9.59 Å². The molecular formula is C16H18ClN3O3. The summed E-state index contributed by atoms with van der Waals surface area (Å²) in [4.78, 5) is 25.8. The van der Waals surface area contributed by atoms with Crippen LogP contribution in [0, 0.1) is 11.3 Å². The maximum Gasteiger partial charge on any atom is 0.322 e. The number of nitrogens with zero attached hydrogens (tertiary/aromatic N) is 2. The lowest BCUT2D eigenvalue weighted by Gasteiger charge is -2.26. The average molecular weight is 336 g/mol. The van der Waals surface area contributed by atoms with Gasteiger partial charge in [0.05, 0.1) is 24.2 Å². The normalized spacial score (nSPS) is 14.9. The Bertz CT molecular complexity index is 652. The van der Waals surface area contributed by atoms with Gasteiger partial charge in [0.1, 0.15) is 12.1 Å². The smallest absolute Gasteiger partial charge is 0.322 e. The van der Waals surface area contributed by atoms with Gasteiger partial charge < -0.3 is 10.1 Å². The van der Waals surface area contributed by atoms with Crippen molar-refractivity contribution in [2.45, 2.75) is 31.8 Å². The first-order chi connectivity index (χ1) is 11.0. The number of rotatable bonds is 6. The van der Waals surface area contributed by atoms with Crippen molar-refractivity contribution in [2.75, 3.05) is 19.0 Å². The molecule has 0 radical (unpaired) electrons. The molecule has 122 valence electrons. The fourth-order valence-corrected chi connectivity index (χ4v) is 2.57. The molecule has 0 bridgehead atoms. The number of carbonyl (C=O) groups excluding carboxylic acids is 2. The summed E-state index contributed by atoms with van der Waals surface area (Å²) in [6.45, 7) is 1.83. The zero-order chi connectivity index (χ0) is 17.0. The van der Waals surface area contributed by atoms with Gasteiger partial charge in [0.25, 0.3) is 0 Å². The summed E-state index contributed by atoms with van der Waals surface area (Å²) in [6.07, 6.45) is 1.94. The minimum absolute atomic E-state index is 0.0958. The molecular weight excluding hydrogens is 318 g/mol. The molecule has 1 saturated carbocycles. The molecule has 23 heavy (non-hydrogen) atoms. The Labute approximate surface area is 140 Å². The number of ether oxygens (including phenoxy) is 1. The van der Waals surface area contributed by atoms with Crippen LogP contribution < -0.4 is 5.32 Å². The predicted octanol–water partition coefficient (Wildman–Crippen LogP) is 2.18. The second kappa shape index (κ2) is 7.44. The van der Waals surface area contributed by atoms with Gasteiger partial charge in [0.2, 0.25) is 5.91 Å². The van der Waals surface area contributed by atoms with Crippen molar-refractivity contribution in [3.05, 3.63) is 28.8 Å². The first kappa shape index (κ1) is 17.3. The number of esters is 1. The van der Waals surface area contributed by atoms with Crippen molar-refractivity contribution in [3.8, 4) is 6.07 Å². The minimum Gasteiger partial charge on any atom is -0.468 e. The summed E-state index contributed by atoms with van der Waals surface area (Å²) in [5.74, 6) is -0.598. The molecule has 1 amide bonds. The molecule has 0 aliphatic heterocycles. The van der Waals surface area contributed by atoms with Gasteiger partial charge in [-0.15, -0.1) is 0 Å². The van der Waals surface area contributed by atoms with E-state index in [4.69, 9.17) is 21.6 Å². The third-order valence-electron chi connectivity index (χ3n) is 3.76. The first-order valence-electron chi connectivity index (χ1n) is 7.29. The van der Waals surface area contributed by atoms with Gasteiger partial charge in [-0.2, -0.15) is 5.26 Å². The third kappa shape index (κ3) is 4.44. The van der Waals surface area contributed by atoms with Crippen LogP contribution >= 0.6 is 11.6 Å². The third-order valence-corrected chi connectivity index (χ3v) is 4.07. The van der Waals surface area contributed by atoms with Gasteiger partial charge in [-0.3, -0.25) is 14.5 Å². The van der Waals surface area contributed by atoms with Crippen LogP contribution in [0.5, 0.6) is 0 Å². The van der Waals surface area contributed by atoms with Crippen LogP contribution in [0.3, 0.4) is 0 Å². The summed E-state index contributed by atoms with van der Waals surface area (Å²) in [5, 5.41) is 11.9. The fourth-order valence-electron chi connectivity index (χ4n) is 2.34. The summed E-state index contributed by atoms with van der Waals surface area (Å²) in [6, 6.07) is 6.43. The molecule has 1 N–H and O–H groups in total. The topological polar surface area (TPSA) is 82.4 Å². The van der Waals surface area contributed by atoms with Crippen molar-refractivity contribution >= 4 is 29.2 Å².